The highest BCUT2D eigenvalue weighted by molar-refractivity contribution is 7.98. The van der Waals surface area contributed by atoms with Crippen LogP contribution >= 0.6 is 11.8 Å². The number of aromatic nitrogens is 3. The molecule has 0 aliphatic heterocycles. The first kappa shape index (κ1) is 17.4. The van der Waals surface area contributed by atoms with Gasteiger partial charge in [-0.05, 0) is 36.8 Å². The Morgan fingerprint density at radius 1 is 0.889 bits per heavy atom. The number of aryl methyl sites for hydroxylation is 1. The molecule has 0 bridgehead atoms. The van der Waals surface area contributed by atoms with Crippen LogP contribution < -0.4 is 4.74 Å². The standard InChI is InChI=1S/C22H19N3OS/c1-17-9-5-7-13-20(17)25-16-23-24-22(25)27-15-18-10-6-8-14-21(18)26-19-11-3-2-4-12-19/h2-14,16H,15H2,1H3. The smallest absolute Gasteiger partial charge is 0.195 e. The quantitative estimate of drug-likeness (QED) is 0.409. The highest BCUT2D eigenvalue weighted by Crippen LogP contribution is 2.31. The number of thioether (sulfide) groups is 1. The first-order chi connectivity index (χ1) is 13.3. The molecule has 0 aliphatic carbocycles. The highest BCUT2D eigenvalue weighted by Gasteiger charge is 2.11. The van der Waals surface area contributed by atoms with Gasteiger partial charge in [-0.1, -0.05) is 66.4 Å². The number of hydrogen-bond acceptors (Lipinski definition) is 4. The molecule has 0 radical (unpaired) electrons. The van der Waals surface area contributed by atoms with E-state index in [1.165, 1.54) is 5.56 Å². The van der Waals surface area contributed by atoms with Crippen LogP contribution in [-0.2, 0) is 5.75 Å². The molecule has 0 spiro atoms. The van der Waals surface area contributed by atoms with Crippen molar-refractivity contribution in [2.45, 2.75) is 17.8 Å². The Bertz CT molecular complexity index is 1030. The van der Waals surface area contributed by atoms with E-state index in [0.29, 0.717) is 0 Å². The minimum atomic E-state index is 0.744. The van der Waals surface area contributed by atoms with E-state index in [0.717, 1.165) is 33.7 Å². The number of ether oxygens (including phenoxy) is 1. The zero-order valence-corrected chi connectivity index (χ0v) is 15.8. The molecule has 1 heterocycles. The van der Waals surface area contributed by atoms with Crippen LogP contribution in [0.1, 0.15) is 11.1 Å². The van der Waals surface area contributed by atoms with Gasteiger partial charge in [-0.15, -0.1) is 10.2 Å². The normalized spacial score (nSPS) is 10.7. The molecule has 4 rings (SSSR count). The lowest BCUT2D eigenvalue weighted by Crippen LogP contribution is -1.98. The second kappa shape index (κ2) is 8.10. The summed E-state index contributed by atoms with van der Waals surface area (Å²) >= 11 is 1.64. The van der Waals surface area contributed by atoms with Crippen LogP contribution in [0, 0.1) is 6.92 Å². The fraction of sp³-hybridized carbons (Fsp3) is 0.0909. The summed E-state index contributed by atoms with van der Waals surface area (Å²) in [5.41, 5.74) is 3.40. The van der Waals surface area contributed by atoms with Crippen LogP contribution in [0.3, 0.4) is 0 Å². The second-order valence-electron chi connectivity index (χ2n) is 6.08. The lowest BCUT2D eigenvalue weighted by Gasteiger charge is -2.12. The number of para-hydroxylation sites is 3. The summed E-state index contributed by atoms with van der Waals surface area (Å²) in [4.78, 5) is 0. The number of rotatable bonds is 6. The molecule has 0 atom stereocenters. The third kappa shape index (κ3) is 4.04. The van der Waals surface area contributed by atoms with Gasteiger partial charge in [0.1, 0.15) is 17.8 Å². The summed E-state index contributed by atoms with van der Waals surface area (Å²) in [6.45, 7) is 2.09. The van der Waals surface area contributed by atoms with Crippen LogP contribution in [-0.4, -0.2) is 14.8 Å². The third-order valence-electron chi connectivity index (χ3n) is 4.19. The Morgan fingerprint density at radius 3 is 2.48 bits per heavy atom. The molecule has 0 saturated heterocycles. The van der Waals surface area contributed by atoms with Gasteiger partial charge < -0.3 is 4.74 Å². The maximum absolute atomic E-state index is 6.06. The van der Waals surface area contributed by atoms with Gasteiger partial charge >= 0.3 is 0 Å². The predicted molar refractivity (Wildman–Crippen MR) is 109 cm³/mol. The molecule has 27 heavy (non-hydrogen) atoms. The molecule has 0 unspecified atom stereocenters. The van der Waals surface area contributed by atoms with Crippen molar-refractivity contribution in [2.24, 2.45) is 0 Å². The van der Waals surface area contributed by atoms with E-state index in [1.54, 1.807) is 18.1 Å². The van der Waals surface area contributed by atoms with Gasteiger partial charge in [0.05, 0.1) is 5.69 Å². The SMILES string of the molecule is Cc1ccccc1-n1cnnc1SCc1ccccc1Oc1ccccc1. The maximum atomic E-state index is 6.06. The van der Waals surface area contributed by atoms with Gasteiger partial charge in [-0.3, -0.25) is 4.57 Å². The van der Waals surface area contributed by atoms with E-state index >= 15 is 0 Å². The van der Waals surface area contributed by atoms with Crippen molar-refractivity contribution in [2.75, 3.05) is 0 Å². The lowest BCUT2D eigenvalue weighted by molar-refractivity contribution is 0.478. The summed E-state index contributed by atoms with van der Waals surface area (Å²) in [5.74, 6) is 2.43. The van der Waals surface area contributed by atoms with Crippen molar-refractivity contribution in [1.82, 2.24) is 14.8 Å². The van der Waals surface area contributed by atoms with Gasteiger partial charge in [-0.2, -0.15) is 0 Å². The first-order valence-corrected chi connectivity index (χ1v) is 9.69. The molecule has 0 fully saturated rings. The molecular formula is C22H19N3OS. The molecular weight excluding hydrogens is 354 g/mol. The topological polar surface area (TPSA) is 39.9 Å². The summed E-state index contributed by atoms with van der Waals surface area (Å²) in [6, 6.07) is 26.2. The largest absolute Gasteiger partial charge is 0.457 e. The highest BCUT2D eigenvalue weighted by atomic mass is 32.2. The van der Waals surface area contributed by atoms with Gasteiger partial charge in [0.25, 0.3) is 0 Å². The van der Waals surface area contributed by atoms with E-state index in [4.69, 9.17) is 4.74 Å². The van der Waals surface area contributed by atoms with Gasteiger partial charge in [0.2, 0.25) is 0 Å². The fourth-order valence-corrected chi connectivity index (χ4v) is 3.71. The number of hydrogen-bond donors (Lipinski definition) is 0. The van der Waals surface area contributed by atoms with Crippen molar-refractivity contribution in [3.05, 3.63) is 96.3 Å². The molecule has 4 aromatic rings. The van der Waals surface area contributed by atoms with E-state index in [-0.39, 0.29) is 0 Å². The van der Waals surface area contributed by atoms with Crippen molar-refractivity contribution in [1.29, 1.82) is 0 Å². The van der Waals surface area contributed by atoms with Crippen molar-refractivity contribution >= 4 is 11.8 Å². The minimum absolute atomic E-state index is 0.744. The van der Waals surface area contributed by atoms with E-state index in [9.17, 15) is 0 Å². The van der Waals surface area contributed by atoms with Crippen molar-refractivity contribution < 1.29 is 4.74 Å². The Hall–Kier alpha value is -3.05. The molecule has 0 N–H and O–H groups in total. The average molecular weight is 373 g/mol. The summed E-state index contributed by atoms with van der Waals surface area (Å²) < 4.78 is 8.09. The molecule has 3 aromatic carbocycles. The van der Waals surface area contributed by atoms with E-state index in [2.05, 4.69) is 35.3 Å². The molecule has 5 heteroatoms. The zero-order valence-electron chi connectivity index (χ0n) is 14.9. The molecule has 0 amide bonds. The Balaban J connectivity index is 1.54. The average Bonchev–Trinajstić information content (AvgIpc) is 3.17. The van der Waals surface area contributed by atoms with Gasteiger partial charge in [0, 0.05) is 11.3 Å². The monoisotopic (exact) mass is 373 g/mol. The predicted octanol–water partition coefficient (Wildman–Crippen LogP) is 5.66. The zero-order chi connectivity index (χ0) is 18.5. The van der Waals surface area contributed by atoms with Gasteiger partial charge in [0.15, 0.2) is 5.16 Å². The summed E-state index contributed by atoms with van der Waals surface area (Å²) in [7, 11) is 0. The van der Waals surface area contributed by atoms with Crippen molar-refractivity contribution in [3.8, 4) is 17.2 Å². The molecule has 134 valence electrons. The van der Waals surface area contributed by atoms with E-state index in [1.807, 2.05) is 65.2 Å². The van der Waals surface area contributed by atoms with Crippen LogP contribution in [0.4, 0.5) is 0 Å². The Morgan fingerprint density at radius 2 is 1.63 bits per heavy atom. The van der Waals surface area contributed by atoms with Crippen LogP contribution in [0.2, 0.25) is 0 Å². The molecule has 0 saturated carbocycles. The first-order valence-electron chi connectivity index (χ1n) is 8.71. The van der Waals surface area contributed by atoms with Crippen LogP contribution in [0.5, 0.6) is 11.5 Å². The maximum Gasteiger partial charge on any atom is 0.195 e. The second-order valence-corrected chi connectivity index (χ2v) is 7.02. The lowest BCUT2D eigenvalue weighted by atomic mass is 10.2. The summed E-state index contributed by atoms with van der Waals surface area (Å²) in [6.07, 6.45) is 1.76. The number of benzene rings is 3. The molecule has 4 nitrogen and oxygen atoms in total. The summed E-state index contributed by atoms with van der Waals surface area (Å²) in [5, 5.41) is 9.26. The Kier molecular flexibility index (Phi) is 5.21. The minimum Gasteiger partial charge on any atom is -0.457 e. The number of nitrogens with zero attached hydrogens (tertiary/aromatic N) is 3. The third-order valence-corrected chi connectivity index (χ3v) is 5.18. The van der Waals surface area contributed by atoms with Crippen LogP contribution in [0.25, 0.3) is 5.69 Å². The van der Waals surface area contributed by atoms with Gasteiger partial charge in [-0.25, -0.2) is 0 Å². The fourth-order valence-electron chi connectivity index (χ4n) is 2.80. The Labute approximate surface area is 162 Å². The molecule has 0 aliphatic rings. The van der Waals surface area contributed by atoms with Crippen LogP contribution in [0.15, 0.2) is 90.3 Å². The molecule has 1 aromatic heterocycles. The van der Waals surface area contributed by atoms with E-state index < -0.39 is 0 Å². The van der Waals surface area contributed by atoms with Crippen molar-refractivity contribution in [3.63, 3.8) is 0 Å².